The summed E-state index contributed by atoms with van der Waals surface area (Å²) in [6.45, 7) is 5.24. The molecule has 19 heavy (non-hydrogen) atoms. The molecule has 1 saturated heterocycles. The van der Waals surface area contributed by atoms with Crippen molar-refractivity contribution < 1.29 is 18.0 Å². The van der Waals surface area contributed by atoms with Crippen molar-refractivity contribution in [3.63, 3.8) is 0 Å². The van der Waals surface area contributed by atoms with Gasteiger partial charge in [0.1, 0.15) is 0 Å². The number of hydrogen-bond donors (Lipinski definition) is 2. The largest absolute Gasteiger partial charge is 0.389 e. The predicted molar refractivity (Wildman–Crippen MR) is 69.5 cm³/mol. The standard InChI is InChI=1S/C11H20F3N3O.ClH/c12-11(13,14)3-2-10(18)16-4-1-7-17-8-5-15-6-9-17;/h15H,1-9H2,(H,16,18);1H. The lowest BCUT2D eigenvalue weighted by atomic mass is 10.2. The molecule has 0 spiro atoms. The Labute approximate surface area is 117 Å². The Balaban J connectivity index is 0.00000324. The van der Waals surface area contributed by atoms with Crippen molar-refractivity contribution >= 4 is 18.3 Å². The molecule has 0 radical (unpaired) electrons. The third-order valence-electron chi connectivity index (χ3n) is 2.82. The molecular formula is C11H21ClF3N3O. The highest BCUT2D eigenvalue weighted by Gasteiger charge is 2.27. The van der Waals surface area contributed by atoms with Crippen molar-refractivity contribution in [3.8, 4) is 0 Å². The molecule has 1 rings (SSSR count). The second-order valence-corrected chi connectivity index (χ2v) is 4.41. The number of nitrogens with one attached hydrogen (secondary N) is 2. The maximum atomic E-state index is 11.9. The average Bonchev–Trinajstić information content (AvgIpc) is 2.33. The molecule has 2 N–H and O–H groups in total. The Morgan fingerprint density at radius 1 is 1.26 bits per heavy atom. The second-order valence-electron chi connectivity index (χ2n) is 4.41. The van der Waals surface area contributed by atoms with Crippen molar-refractivity contribution in [2.45, 2.75) is 25.4 Å². The van der Waals surface area contributed by atoms with Crippen molar-refractivity contribution in [3.05, 3.63) is 0 Å². The van der Waals surface area contributed by atoms with Gasteiger partial charge in [-0.05, 0) is 13.0 Å². The zero-order valence-electron chi connectivity index (χ0n) is 10.8. The van der Waals surface area contributed by atoms with Gasteiger partial charge in [0.15, 0.2) is 0 Å². The fourth-order valence-corrected chi connectivity index (χ4v) is 1.81. The highest BCUT2D eigenvalue weighted by atomic mass is 35.5. The highest BCUT2D eigenvalue weighted by Crippen LogP contribution is 2.20. The van der Waals surface area contributed by atoms with Gasteiger partial charge in [-0.3, -0.25) is 4.79 Å². The van der Waals surface area contributed by atoms with E-state index in [2.05, 4.69) is 15.5 Å². The van der Waals surface area contributed by atoms with Crippen LogP contribution in [0.2, 0.25) is 0 Å². The average molecular weight is 304 g/mol. The summed E-state index contributed by atoms with van der Waals surface area (Å²) >= 11 is 0. The molecule has 0 unspecified atom stereocenters. The second kappa shape index (κ2) is 9.39. The number of halogens is 4. The molecule has 0 saturated carbocycles. The summed E-state index contributed by atoms with van der Waals surface area (Å²) in [5, 5.41) is 5.75. The summed E-state index contributed by atoms with van der Waals surface area (Å²) in [4.78, 5) is 13.4. The van der Waals surface area contributed by atoms with Crippen LogP contribution in [0.15, 0.2) is 0 Å². The SMILES string of the molecule is Cl.O=C(CCC(F)(F)F)NCCCN1CCNCC1. The van der Waals surface area contributed by atoms with E-state index in [1.54, 1.807) is 0 Å². The zero-order valence-corrected chi connectivity index (χ0v) is 11.6. The molecule has 0 aromatic rings. The first-order chi connectivity index (χ1) is 8.47. The van der Waals surface area contributed by atoms with Crippen molar-refractivity contribution in [2.75, 3.05) is 39.3 Å². The normalized spacial score (nSPS) is 16.8. The molecule has 1 heterocycles. The Morgan fingerprint density at radius 3 is 2.47 bits per heavy atom. The van der Waals surface area contributed by atoms with Crippen LogP contribution in [0.3, 0.4) is 0 Å². The topological polar surface area (TPSA) is 44.4 Å². The van der Waals surface area contributed by atoms with Crippen molar-refractivity contribution in [1.29, 1.82) is 0 Å². The molecule has 0 aromatic heterocycles. The van der Waals surface area contributed by atoms with Crippen LogP contribution in [0, 0.1) is 0 Å². The fourth-order valence-electron chi connectivity index (χ4n) is 1.81. The van der Waals surface area contributed by atoms with Crippen LogP contribution in [0.25, 0.3) is 0 Å². The van der Waals surface area contributed by atoms with Crippen LogP contribution in [-0.4, -0.2) is 56.3 Å². The Bertz CT molecular complexity index is 258. The van der Waals surface area contributed by atoms with E-state index in [0.717, 1.165) is 39.1 Å². The third kappa shape index (κ3) is 9.98. The van der Waals surface area contributed by atoms with E-state index >= 15 is 0 Å². The van der Waals surface area contributed by atoms with Gasteiger partial charge in [0.2, 0.25) is 5.91 Å². The molecule has 8 heteroatoms. The maximum absolute atomic E-state index is 11.9. The quantitative estimate of drug-likeness (QED) is 0.724. The summed E-state index contributed by atoms with van der Waals surface area (Å²) in [7, 11) is 0. The number of nitrogens with zero attached hydrogens (tertiary/aromatic N) is 1. The third-order valence-corrected chi connectivity index (χ3v) is 2.82. The van der Waals surface area contributed by atoms with Gasteiger partial charge in [0, 0.05) is 39.1 Å². The minimum atomic E-state index is -4.25. The van der Waals surface area contributed by atoms with Crippen LogP contribution in [0.1, 0.15) is 19.3 Å². The molecule has 0 atom stereocenters. The lowest BCUT2D eigenvalue weighted by Gasteiger charge is -2.27. The molecule has 114 valence electrons. The predicted octanol–water partition coefficient (Wildman–Crippen LogP) is 1.16. The zero-order chi connectivity index (χ0) is 13.4. The molecule has 0 aliphatic carbocycles. The molecule has 1 amide bonds. The summed E-state index contributed by atoms with van der Waals surface area (Å²) < 4.78 is 35.6. The number of rotatable bonds is 6. The molecule has 1 aliphatic rings. The smallest absolute Gasteiger partial charge is 0.356 e. The summed E-state index contributed by atoms with van der Waals surface area (Å²) in [5.41, 5.74) is 0. The van der Waals surface area contributed by atoms with Crippen LogP contribution >= 0.6 is 12.4 Å². The van der Waals surface area contributed by atoms with Gasteiger partial charge >= 0.3 is 6.18 Å². The first-order valence-corrected chi connectivity index (χ1v) is 6.24. The van der Waals surface area contributed by atoms with E-state index in [-0.39, 0.29) is 12.4 Å². The number of carbonyl (C=O) groups is 1. The Hall–Kier alpha value is -0.530. The van der Waals surface area contributed by atoms with Gasteiger partial charge in [-0.25, -0.2) is 0 Å². The van der Waals surface area contributed by atoms with Crippen molar-refractivity contribution in [1.82, 2.24) is 15.5 Å². The van der Waals surface area contributed by atoms with E-state index in [9.17, 15) is 18.0 Å². The van der Waals surface area contributed by atoms with E-state index in [1.807, 2.05) is 0 Å². The monoisotopic (exact) mass is 303 g/mol. The molecule has 4 nitrogen and oxygen atoms in total. The van der Waals surface area contributed by atoms with Crippen LogP contribution in [0.5, 0.6) is 0 Å². The molecule has 0 aromatic carbocycles. The summed E-state index contributed by atoms with van der Waals surface area (Å²) in [5.74, 6) is -0.521. The minimum Gasteiger partial charge on any atom is -0.356 e. The molecule has 1 aliphatic heterocycles. The maximum Gasteiger partial charge on any atom is 0.389 e. The first-order valence-electron chi connectivity index (χ1n) is 6.24. The Kier molecular flexibility index (Phi) is 9.12. The first kappa shape index (κ1) is 18.5. The number of hydrogen-bond acceptors (Lipinski definition) is 3. The lowest BCUT2D eigenvalue weighted by molar-refractivity contribution is -0.144. The van der Waals surface area contributed by atoms with Gasteiger partial charge in [0.25, 0.3) is 0 Å². The van der Waals surface area contributed by atoms with E-state index in [1.165, 1.54) is 0 Å². The molecule has 0 bridgehead atoms. The van der Waals surface area contributed by atoms with Crippen LogP contribution < -0.4 is 10.6 Å². The summed E-state index contributed by atoms with van der Waals surface area (Å²) in [6.07, 6.45) is -5.00. The van der Waals surface area contributed by atoms with E-state index < -0.39 is 24.9 Å². The highest BCUT2D eigenvalue weighted by molar-refractivity contribution is 5.85. The van der Waals surface area contributed by atoms with Crippen LogP contribution in [0.4, 0.5) is 13.2 Å². The number of amides is 1. The lowest BCUT2D eigenvalue weighted by Crippen LogP contribution is -2.44. The summed E-state index contributed by atoms with van der Waals surface area (Å²) in [6, 6.07) is 0. The number of piperazine rings is 1. The number of alkyl halides is 3. The minimum absolute atomic E-state index is 0. The Morgan fingerprint density at radius 2 is 1.89 bits per heavy atom. The van der Waals surface area contributed by atoms with Crippen LogP contribution in [-0.2, 0) is 4.79 Å². The number of carbonyl (C=O) groups excluding carboxylic acids is 1. The van der Waals surface area contributed by atoms with E-state index in [4.69, 9.17) is 0 Å². The van der Waals surface area contributed by atoms with Gasteiger partial charge in [0.05, 0.1) is 6.42 Å². The fraction of sp³-hybridized carbons (Fsp3) is 0.909. The molecular weight excluding hydrogens is 283 g/mol. The van der Waals surface area contributed by atoms with Gasteiger partial charge in [-0.1, -0.05) is 0 Å². The van der Waals surface area contributed by atoms with Gasteiger partial charge < -0.3 is 15.5 Å². The van der Waals surface area contributed by atoms with E-state index in [0.29, 0.717) is 6.54 Å². The van der Waals surface area contributed by atoms with Gasteiger partial charge in [-0.2, -0.15) is 13.2 Å². The van der Waals surface area contributed by atoms with Crippen molar-refractivity contribution in [2.24, 2.45) is 0 Å². The van der Waals surface area contributed by atoms with Gasteiger partial charge in [-0.15, -0.1) is 12.4 Å². The molecule has 1 fully saturated rings.